The normalized spacial score (nSPS) is 16.0. The van der Waals surface area contributed by atoms with Gasteiger partial charge in [0.1, 0.15) is 16.9 Å². The van der Waals surface area contributed by atoms with Gasteiger partial charge in [0.25, 0.3) is 5.56 Å². The molecule has 14 heteroatoms. The summed E-state index contributed by atoms with van der Waals surface area (Å²) >= 11 is 6.53. The zero-order chi connectivity index (χ0) is 27.9. The van der Waals surface area contributed by atoms with Crippen LogP contribution in [0.3, 0.4) is 0 Å². The van der Waals surface area contributed by atoms with Gasteiger partial charge in [0, 0.05) is 31.2 Å². The molecule has 3 aromatic heterocycles. The average Bonchev–Trinajstić information content (AvgIpc) is 3.49. The van der Waals surface area contributed by atoms with Gasteiger partial charge in [-0.1, -0.05) is 29.8 Å². The lowest BCUT2D eigenvalue weighted by Crippen LogP contribution is -2.49. The number of aromatic nitrogens is 7. The first-order valence-electron chi connectivity index (χ1n) is 12.6. The second-order valence-electron chi connectivity index (χ2n) is 10.6. The minimum Gasteiger partial charge on any atom is -0.444 e. The van der Waals surface area contributed by atoms with Crippen molar-refractivity contribution >= 4 is 34.5 Å². The van der Waals surface area contributed by atoms with Crippen LogP contribution < -0.4 is 21.5 Å². The Morgan fingerprint density at radius 2 is 2.03 bits per heavy atom. The molecule has 1 atom stereocenters. The van der Waals surface area contributed by atoms with Crippen LogP contribution >= 0.6 is 11.6 Å². The molecule has 0 bridgehead atoms. The summed E-state index contributed by atoms with van der Waals surface area (Å²) in [4.78, 5) is 43.7. The van der Waals surface area contributed by atoms with Crippen LogP contribution in [0, 0.1) is 0 Å². The van der Waals surface area contributed by atoms with Crippen molar-refractivity contribution in [2.75, 3.05) is 18.0 Å². The number of tetrazole rings is 1. The molecule has 206 valence electrons. The number of nitrogens with one attached hydrogen (secondary N) is 3. The molecule has 39 heavy (non-hydrogen) atoms. The highest BCUT2D eigenvalue weighted by Crippen LogP contribution is 2.38. The maximum atomic E-state index is 13.5. The largest absolute Gasteiger partial charge is 0.444 e. The minimum atomic E-state index is -0.627. The maximum absolute atomic E-state index is 13.5. The van der Waals surface area contributed by atoms with Gasteiger partial charge in [-0.2, -0.15) is 5.21 Å². The van der Waals surface area contributed by atoms with Crippen molar-refractivity contribution in [1.82, 2.24) is 40.1 Å². The van der Waals surface area contributed by atoms with Crippen LogP contribution in [0.1, 0.15) is 39.2 Å². The molecule has 1 aliphatic rings. The maximum Gasteiger partial charge on any atom is 0.407 e. The van der Waals surface area contributed by atoms with Gasteiger partial charge in [-0.25, -0.2) is 9.59 Å². The molecule has 0 unspecified atom stereocenters. The van der Waals surface area contributed by atoms with Gasteiger partial charge in [-0.3, -0.25) is 9.36 Å². The number of ether oxygens (including phenoxy) is 1. The summed E-state index contributed by atoms with van der Waals surface area (Å²) in [6.45, 7) is 6.72. The molecule has 1 amide bonds. The summed E-state index contributed by atoms with van der Waals surface area (Å²) in [6, 6.07) is 7.14. The summed E-state index contributed by atoms with van der Waals surface area (Å²) in [5.74, 6) is 0.833. The Bertz CT molecular complexity index is 1630. The van der Waals surface area contributed by atoms with Gasteiger partial charge in [0.15, 0.2) is 0 Å². The van der Waals surface area contributed by atoms with Crippen molar-refractivity contribution in [3.05, 3.63) is 55.7 Å². The number of amides is 1. The molecule has 0 saturated carbocycles. The van der Waals surface area contributed by atoms with Crippen LogP contribution in [0.2, 0.25) is 5.02 Å². The molecule has 0 radical (unpaired) electrons. The molecule has 1 fully saturated rings. The molecule has 5 rings (SSSR count). The molecule has 4 aromatic rings. The first-order chi connectivity index (χ1) is 18.5. The Morgan fingerprint density at radius 3 is 2.72 bits per heavy atom. The molecule has 13 nitrogen and oxygen atoms in total. The number of fused-ring (bicyclic) bond motifs is 1. The van der Waals surface area contributed by atoms with Gasteiger partial charge < -0.3 is 24.5 Å². The van der Waals surface area contributed by atoms with Crippen LogP contribution in [0.15, 0.2) is 33.9 Å². The lowest BCUT2D eigenvalue weighted by atomic mass is 10.1. The monoisotopic (exact) mass is 555 g/mol. The standard InChI is InChI=1S/C25H30ClN9O4/c1-25(2,3)39-24(38)27-15-9-7-11-34(13-15)21-17(20-29-31-32-30-20)18-19(22(36)33(4)23(37)28-18)35(21)12-14-8-5-6-10-16(14)26/h5-6,8,10,15H,7,9,11-13H2,1-4H3,(H,27,38)(H,28,37)(H,29,30,31,32)/t15-/m1/s1. The first-order valence-corrected chi connectivity index (χ1v) is 13.0. The van der Waals surface area contributed by atoms with E-state index in [1.54, 1.807) is 6.07 Å². The fourth-order valence-electron chi connectivity index (χ4n) is 4.91. The molecule has 0 aliphatic carbocycles. The molecule has 1 aromatic carbocycles. The van der Waals surface area contributed by atoms with E-state index in [9.17, 15) is 14.4 Å². The highest BCUT2D eigenvalue weighted by Gasteiger charge is 2.32. The molecule has 0 spiro atoms. The second-order valence-corrected chi connectivity index (χ2v) is 11.0. The zero-order valence-corrected chi connectivity index (χ0v) is 22.9. The number of carbonyl (C=O) groups excluding carboxylic acids is 1. The number of hydrogen-bond acceptors (Lipinski definition) is 8. The summed E-state index contributed by atoms with van der Waals surface area (Å²) in [6.07, 6.45) is 1.01. The van der Waals surface area contributed by atoms with E-state index in [1.165, 1.54) is 7.05 Å². The first kappa shape index (κ1) is 26.5. The van der Waals surface area contributed by atoms with Crippen molar-refractivity contribution in [2.45, 2.75) is 51.8 Å². The summed E-state index contributed by atoms with van der Waals surface area (Å²) in [7, 11) is 1.42. The molecular weight excluding hydrogens is 526 g/mol. The number of anilines is 1. The van der Waals surface area contributed by atoms with E-state index in [0.717, 1.165) is 23.0 Å². The van der Waals surface area contributed by atoms with Gasteiger partial charge in [0.05, 0.1) is 17.6 Å². The van der Waals surface area contributed by atoms with E-state index >= 15 is 0 Å². The topological polar surface area (TPSA) is 156 Å². The van der Waals surface area contributed by atoms with Crippen molar-refractivity contribution in [1.29, 1.82) is 0 Å². The summed E-state index contributed by atoms with van der Waals surface area (Å²) < 4.78 is 8.32. The van der Waals surface area contributed by atoms with Crippen LogP contribution in [0.25, 0.3) is 22.4 Å². The molecule has 4 heterocycles. The number of nitrogens with zero attached hydrogens (tertiary/aromatic N) is 6. The Balaban J connectivity index is 1.68. The number of piperidine rings is 1. The SMILES string of the molecule is Cn1c(=O)[nH]c2c(-c3nn[nH]n3)c(N3CCC[C@@H](NC(=O)OC(C)(C)C)C3)n(Cc3ccccc3Cl)c2c1=O. The number of rotatable bonds is 5. The Hall–Kier alpha value is -4.13. The third-order valence-electron chi connectivity index (χ3n) is 6.58. The lowest BCUT2D eigenvalue weighted by Gasteiger charge is -2.36. The number of carbonyl (C=O) groups is 1. The Morgan fingerprint density at radius 1 is 1.26 bits per heavy atom. The van der Waals surface area contributed by atoms with Gasteiger partial charge in [-0.05, 0) is 50.5 Å². The molecule has 1 aliphatic heterocycles. The number of halogens is 1. The number of hydrogen-bond donors (Lipinski definition) is 3. The number of aromatic amines is 2. The van der Waals surface area contributed by atoms with E-state index in [1.807, 2.05) is 43.5 Å². The quantitative estimate of drug-likeness (QED) is 0.339. The highest BCUT2D eigenvalue weighted by atomic mass is 35.5. The van der Waals surface area contributed by atoms with Crippen molar-refractivity contribution in [2.24, 2.45) is 7.05 Å². The predicted octanol–water partition coefficient (Wildman–Crippen LogP) is 2.40. The van der Waals surface area contributed by atoms with Gasteiger partial charge >= 0.3 is 11.8 Å². The van der Waals surface area contributed by atoms with Crippen LogP contribution in [-0.2, 0) is 18.3 Å². The van der Waals surface area contributed by atoms with E-state index in [4.69, 9.17) is 16.3 Å². The van der Waals surface area contributed by atoms with E-state index in [0.29, 0.717) is 35.0 Å². The predicted molar refractivity (Wildman–Crippen MR) is 146 cm³/mol. The van der Waals surface area contributed by atoms with Gasteiger partial charge in [0.2, 0.25) is 5.82 Å². The molecule has 3 N–H and O–H groups in total. The van der Waals surface area contributed by atoms with E-state index in [2.05, 4.69) is 35.8 Å². The average molecular weight is 556 g/mol. The van der Waals surface area contributed by atoms with Crippen LogP contribution in [-0.4, -0.2) is 65.6 Å². The smallest absolute Gasteiger partial charge is 0.407 e. The third-order valence-corrected chi connectivity index (χ3v) is 6.95. The molecular formula is C25H30ClN9O4. The van der Waals surface area contributed by atoms with Crippen molar-refractivity contribution in [3.8, 4) is 11.4 Å². The number of H-pyrrole nitrogens is 2. The van der Waals surface area contributed by atoms with Crippen LogP contribution in [0.5, 0.6) is 0 Å². The Labute approximate surface area is 228 Å². The van der Waals surface area contributed by atoms with Crippen LogP contribution in [0.4, 0.5) is 10.6 Å². The fourth-order valence-corrected chi connectivity index (χ4v) is 5.11. The number of benzene rings is 1. The molecule has 1 saturated heterocycles. The fraction of sp³-hybridized carbons (Fsp3) is 0.440. The lowest BCUT2D eigenvalue weighted by molar-refractivity contribution is 0.0500. The van der Waals surface area contributed by atoms with Crippen molar-refractivity contribution < 1.29 is 9.53 Å². The highest BCUT2D eigenvalue weighted by molar-refractivity contribution is 6.31. The minimum absolute atomic E-state index is 0.221. The second kappa shape index (κ2) is 10.2. The van der Waals surface area contributed by atoms with Gasteiger partial charge in [-0.15, -0.1) is 10.2 Å². The zero-order valence-electron chi connectivity index (χ0n) is 22.1. The summed E-state index contributed by atoms with van der Waals surface area (Å²) in [5, 5.41) is 18.0. The summed E-state index contributed by atoms with van der Waals surface area (Å²) in [5.41, 5.74) is 0.142. The van der Waals surface area contributed by atoms with E-state index < -0.39 is 22.9 Å². The third kappa shape index (κ3) is 5.26. The van der Waals surface area contributed by atoms with Crippen molar-refractivity contribution in [3.63, 3.8) is 0 Å². The Kier molecular flexibility index (Phi) is 6.93. The van der Waals surface area contributed by atoms with E-state index in [-0.39, 0.29) is 23.9 Å². The number of alkyl carbamates (subject to hydrolysis) is 1.